The summed E-state index contributed by atoms with van der Waals surface area (Å²) in [4.78, 5) is 4.51. The summed E-state index contributed by atoms with van der Waals surface area (Å²) < 4.78 is 5.27. The van der Waals surface area contributed by atoms with E-state index in [0.717, 1.165) is 31.2 Å². The maximum absolute atomic E-state index is 5.27. The van der Waals surface area contributed by atoms with Crippen LogP contribution in [-0.2, 0) is 6.42 Å². The number of aliphatic imine (C=N–C) groups is 1. The number of furan rings is 1. The van der Waals surface area contributed by atoms with Crippen LogP contribution in [0.1, 0.15) is 33.5 Å². The van der Waals surface area contributed by atoms with Gasteiger partial charge in [-0.2, -0.15) is 0 Å². The second-order valence-corrected chi connectivity index (χ2v) is 4.97. The van der Waals surface area contributed by atoms with Gasteiger partial charge in [0.2, 0.25) is 0 Å². The minimum Gasteiger partial charge on any atom is -0.469 e. The van der Waals surface area contributed by atoms with Crippen LogP contribution >= 0.6 is 0 Å². The van der Waals surface area contributed by atoms with Crippen molar-refractivity contribution in [3.63, 3.8) is 0 Å². The van der Waals surface area contributed by atoms with Gasteiger partial charge in [0, 0.05) is 25.0 Å². The molecule has 1 aromatic heterocycles. The molecule has 0 amide bonds. The number of nitrogens with one attached hydrogen (secondary N) is 2. The summed E-state index contributed by atoms with van der Waals surface area (Å²) in [6.07, 6.45) is 2.52. The molecule has 0 aliphatic heterocycles. The number of guanidine groups is 1. The van der Waals surface area contributed by atoms with Crippen molar-refractivity contribution in [3.05, 3.63) is 24.2 Å². The van der Waals surface area contributed by atoms with Crippen LogP contribution in [0.5, 0.6) is 0 Å². The van der Waals surface area contributed by atoms with E-state index in [1.165, 1.54) is 0 Å². The molecular weight excluding hydrogens is 214 g/mol. The van der Waals surface area contributed by atoms with Crippen molar-refractivity contribution >= 4 is 5.96 Å². The third kappa shape index (κ3) is 6.00. The van der Waals surface area contributed by atoms with Crippen molar-refractivity contribution in [1.82, 2.24) is 10.6 Å². The molecule has 1 heterocycles. The third-order valence-electron chi connectivity index (χ3n) is 2.05. The van der Waals surface area contributed by atoms with Gasteiger partial charge in [0.1, 0.15) is 5.76 Å². The Hall–Kier alpha value is -1.45. The zero-order valence-corrected chi connectivity index (χ0v) is 11.2. The molecular formula is C13H23N3O. The summed E-state index contributed by atoms with van der Waals surface area (Å²) in [5.74, 6) is 1.83. The predicted octanol–water partition coefficient (Wildman–Crippen LogP) is 2.18. The molecule has 0 aliphatic carbocycles. The number of hydrogen-bond acceptors (Lipinski definition) is 2. The summed E-state index contributed by atoms with van der Waals surface area (Å²) in [5, 5.41) is 6.57. The zero-order chi connectivity index (χ0) is 12.7. The first-order valence-corrected chi connectivity index (χ1v) is 6.10. The number of nitrogens with zero attached hydrogens (tertiary/aromatic N) is 1. The summed E-state index contributed by atoms with van der Waals surface area (Å²) in [5.41, 5.74) is 0.0195. The fourth-order valence-electron chi connectivity index (χ4n) is 1.40. The molecule has 4 nitrogen and oxygen atoms in total. The molecule has 2 N–H and O–H groups in total. The van der Waals surface area contributed by atoms with Crippen molar-refractivity contribution in [2.45, 2.75) is 39.7 Å². The average molecular weight is 237 g/mol. The van der Waals surface area contributed by atoms with E-state index in [4.69, 9.17) is 4.42 Å². The molecule has 0 saturated carbocycles. The normalized spacial score (nSPS) is 12.6. The van der Waals surface area contributed by atoms with Crippen LogP contribution < -0.4 is 10.6 Å². The maximum Gasteiger partial charge on any atom is 0.191 e. The summed E-state index contributed by atoms with van der Waals surface area (Å²) in [6.45, 7) is 10.00. The van der Waals surface area contributed by atoms with Gasteiger partial charge in [-0.25, -0.2) is 0 Å². The minimum absolute atomic E-state index is 0.0195. The second-order valence-electron chi connectivity index (χ2n) is 4.97. The number of rotatable bonds is 4. The van der Waals surface area contributed by atoms with Crippen molar-refractivity contribution in [2.75, 3.05) is 13.1 Å². The van der Waals surface area contributed by atoms with Crippen molar-refractivity contribution in [2.24, 2.45) is 4.99 Å². The predicted molar refractivity (Wildman–Crippen MR) is 71.3 cm³/mol. The molecule has 1 rings (SSSR count). The second kappa shape index (κ2) is 6.33. The summed E-state index contributed by atoms with van der Waals surface area (Å²) in [6, 6.07) is 3.87. The standard InChI is InChI=1S/C13H23N3O/c1-5-14-12(16-13(2,3)4)15-9-8-11-7-6-10-17-11/h6-7,10H,5,8-9H2,1-4H3,(H2,14,15,16). The van der Waals surface area contributed by atoms with E-state index in [-0.39, 0.29) is 5.54 Å². The molecule has 0 radical (unpaired) electrons. The lowest BCUT2D eigenvalue weighted by atomic mass is 10.1. The molecule has 0 fully saturated rings. The molecule has 0 aliphatic rings. The Morgan fingerprint density at radius 3 is 2.71 bits per heavy atom. The van der Waals surface area contributed by atoms with Crippen LogP contribution in [-0.4, -0.2) is 24.6 Å². The third-order valence-corrected chi connectivity index (χ3v) is 2.05. The molecule has 4 heteroatoms. The Labute approximate surface area is 104 Å². The van der Waals surface area contributed by atoms with Crippen LogP contribution in [0.15, 0.2) is 27.8 Å². The van der Waals surface area contributed by atoms with Gasteiger partial charge in [-0.1, -0.05) is 0 Å². The van der Waals surface area contributed by atoms with Gasteiger partial charge in [-0.3, -0.25) is 4.99 Å². The first-order chi connectivity index (χ1) is 8.01. The fraction of sp³-hybridized carbons (Fsp3) is 0.615. The molecule has 0 bridgehead atoms. The van der Waals surface area contributed by atoms with Gasteiger partial charge in [0.15, 0.2) is 5.96 Å². The Balaban J connectivity index is 2.46. The van der Waals surface area contributed by atoms with Gasteiger partial charge in [-0.15, -0.1) is 0 Å². The lowest BCUT2D eigenvalue weighted by Gasteiger charge is -2.23. The minimum atomic E-state index is 0.0195. The highest BCUT2D eigenvalue weighted by molar-refractivity contribution is 5.80. The van der Waals surface area contributed by atoms with E-state index in [1.54, 1.807) is 6.26 Å². The van der Waals surface area contributed by atoms with Crippen LogP contribution in [0.3, 0.4) is 0 Å². The van der Waals surface area contributed by atoms with Crippen LogP contribution in [0, 0.1) is 0 Å². The van der Waals surface area contributed by atoms with Gasteiger partial charge >= 0.3 is 0 Å². The van der Waals surface area contributed by atoms with E-state index in [1.807, 2.05) is 12.1 Å². The SMILES string of the molecule is CCNC(=NCCc1ccco1)NC(C)(C)C. The molecule has 17 heavy (non-hydrogen) atoms. The Kier molecular flexibility index (Phi) is 5.07. The van der Waals surface area contributed by atoms with Crippen molar-refractivity contribution < 1.29 is 4.42 Å². The monoisotopic (exact) mass is 237 g/mol. The molecule has 0 unspecified atom stereocenters. The number of hydrogen-bond donors (Lipinski definition) is 2. The van der Waals surface area contributed by atoms with Gasteiger partial charge in [0.05, 0.1) is 6.26 Å². The maximum atomic E-state index is 5.27. The topological polar surface area (TPSA) is 49.6 Å². The highest BCUT2D eigenvalue weighted by Gasteiger charge is 2.11. The zero-order valence-electron chi connectivity index (χ0n) is 11.2. The summed E-state index contributed by atoms with van der Waals surface area (Å²) >= 11 is 0. The summed E-state index contributed by atoms with van der Waals surface area (Å²) in [7, 11) is 0. The Bertz CT molecular complexity index is 336. The van der Waals surface area contributed by atoms with Crippen molar-refractivity contribution in [3.8, 4) is 0 Å². The lowest BCUT2D eigenvalue weighted by molar-refractivity contribution is 0.498. The first kappa shape index (κ1) is 13.6. The Morgan fingerprint density at radius 1 is 1.41 bits per heavy atom. The first-order valence-electron chi connectivity index (χ1n) is 6.10. The highest BCUT2D eigenvalue weighted by Crippen LogP contribution is 2.01. The lowest BCUT2D eigenvalue weighted by Crippen LogP contribution is -2.47. The van der Waals surface area contributed by atoms with Crippen LogP contribution in [0.25, 0.3) is 0 Å². The quantitative estimate of drug-likeness (QED) is 0.623. The van der Waals surface area contributed by atoms with E-state index in [9.17, 15) is 0 Å². The molecule has 1 aromatic rings. The fourth-order valence-corrected chi connectivity index (χ4v) is 1.40. The van der Waals surface area contributed by atoms with Gasteiger partial charge < -0.3 is 15.1 Å². The van der Waals surface area contributed by atoms with Crippen molar-refractivity contribution in [1.29, 1.82) is 0 Å². The molecule has 0 saturated heterocycles. The van der Waals surface area contributed by atoms with E-state index in [0.29, 0.717) is 0 Å². The van der Waals surface area contributed by atoms with E-state index < -0.39 is 0 Å². The molecule has 0 aromatic carbocycles. The van der Waals surface area contributed by atoms with Gasteiger partial charge in [-0.05, 0) is 39.8 Å². The van der Waals surface area contributed by atoms with E-state index in [2.05, 4.69) is 43.3 Å². The van der Waals surface area contributed by atoms with Crippen LogP contribution in [0.4, 0.5) is 0 Å². The molecule has 0 spiro atoms. The molecule has 0 atom stereocenters. The van der Waals surface area contributed by atoms with E-state index >= 15 is 0 Å². The van der Waals surface area contributed by atoms with Crippen LogP contribution in [0.2, 0.25) is 0 Å². The van der Waals surface area contributed by atoms with Gasteiger partial charge in [0.25, 0.3) is 0 Å². The highest BCUT2D eigenvalue weighted by atomic mass is 16.3. The smallest absolute Gasteiger partial charge is 0.191 e. The average Bonchev–Trinajstić information content (AvgIpc) is 2.68. The largest absolute Gasteiger partial charge is 0.469 e. The Morgan fingerprint density at radius 2 is 2.18 bits per heavy atom. The molecule has 96 valence electrons.